The number of guanidine groups is 1. The number of nitrogens with one attached hydrogen (secondary N) is 3. The second-order valence-electron chi connectivity index (χ2n) is 5.57. The summed E-state index contributed by atoms with van der Waals surface area (Å²) >= 11 is 5.15. The molecule has 3 N–H and O–H groups in total. The zero-order valence-electron chi connectivity index (χ0n) is 13.3. The van der Waals surface area contributed by atoms with Crippen LogP contribution in [0.5, 0.6) is 0 Å². The first-order valence-corrected chi connectivity index (χ1v) is 9.39. The average molecular weight is 407 g/mol. The summed E-state index contributed by atoms with van der Waals surface area (Å²) in [5.74, 6) is 0.944. The minimum atomic E-state index is 0.0619. The number of benzene rings is 1. The highest BCUT2D eigenvalue weighted by Gasteiger charge is 2.24. The van der Waals surface area contributed by atoms with Gasteiger partial charge in [-0.3, -0.25) is 9.79 Å². The van der Waals surface area contributed by atoms with Crippen LogP contribution in [0.15, 0.2) is 45.2 Å². The Labute approximate surface area is 153 Å². The van der Waals surface area contributed by atoms with Crippen LogP contribution in [0.2, 0.25) is 0 Å². The standard InChI is InChI=1S/C17H19BrN4OS/c1-19-17(21-9-13-7-12(18)10-24-13)20-8-11-6-16(23)22-15-5-3-2-4-14(11)15/h2-5,7,10-11H,6,8-9H2,1H3,(H,22,23)(H2,19,20,21). The summed E-state index contributed by atoms with van der Waals surface area (Å²) in [6.45, 7) is 1.38. The summed E-state index contributed by atoms with van der Waals surface area (Å²) in [4.78, 5) is 17.4. The second-order valence-corrected chi connectivity index (χ2v) is 7.49. The largest absolute Gasteiger partial charge is 0.356 e. The fourth-order valence-corrected chi connectivity index (χ4v) is 4.13. The van der Waals surface area contributed by atoms with Crippen LogP contribution in [0.1, 0.15) is 22.8 Å². The summed E-state index contributed by atoms with van der Waals surface area (Å²) < 4.78 is 1.09. The molecule has 2 heterocycles. The molecule has 24 heavy (non-hydrogen) atoms. The maximum absolute atomic E-state index is 11.9. The molecule has 1 aliphatic rings. The van der Waals surface area contributed by atoms with Crippen molar-refractivity contribution in [3.63, 3.8) is 0 Å². The van der Waals surface area contributed by atoms with E-state index < -0.39 is 0 Å². The third kappa shape index (κ3) is 4.15. The van der Waals surface area contributed by atoms with Gasteiger partial charge in [-0.15, -0.1) is 11.3 Å². The lowest BCUT2D eigenvalue weighted by Gasteiger charge is -2.26. The molecular weight excluding hydrogens is 388 g/mol. The van der Waals surface area contributed by atoms with E-state index in [-0.39, 0.29) is 11.8 Å². The predicted octanol–water partition coefficient (Wildman–Crippen LogP) is 3.30. The number of rotatable bonds is 4. The molecule has 1 aromatic heterocycles. The molecule has 5 nitrogen and oxygen atoms in total. The first-order valence-electron chi connectivity index (χ1n) is 7.72. The number of nitrogens with zero attached hydrogens (tertiary/aromatic N) is 1. The lowest BCUT2D eigenvalue weighted by atomic mass is 9.90. The van der Waals surface area contributed by atoms with Gasteiger partial charge in [0.25, 0.3) is 0 Å². The maximum atomic E-state index is 11.9. The van der Waals surface area contributed by atoms with Gasteiger partial charge in [0.2, 0.25) is 5.91 Å². The molecule has 1 aliphatic heterocycles. The molecule has 1 amide bonds. The van der Waals surface area contributed by atoms with Crippen LogP contribution in [0.4, 0.5) is 5.69 Å². The SMILES string of the molecule is CN=C(NCc1cc(Br)cs1)NCC1CC(=O)Nc2ccccc21. The van der Waals surface area contributed by atoms with E-state index in [1.165, 1.54) is 10.4 Å². The normalized spacial score (nSPS) is 17.2. The van der Waals surface area contributed by atoms with Crippen molar-refractivity contribution < 1.29 is 4.79 Å². The van der Waals surface area contributed by atoms with E-state index >= 15 is 0 Å². The van der Waals surface area contributed by atoms with E-state index in [1.807, 2.05) is 18.2 Å². The van der Waals surface area contributed by atoms with Gasteiger partial charge in [-0.25, -0.2) is 0 Å². The Balaban J connectivity index is 1.59. The quantitative estimate of drug-likeness (QED) is 0.538. The smallest absolute Gasteiger partial charge is 0.225 e. The van der Waals surface area contributed by atoms with Crippen LogP contribution in [0.3, 0.4) is 0 Å². The number of anilines is 1. The van der Waals surface area contributed by atoms with E-state index in [9.17, 15) is 4.79 Å². The second kappa shape index (κ2) is 7.81. The van der Waals surface area contributed by atoms with E-state index in [4.69, 9.17) is 0 Å². The lowest BCUT2D eigenvalue weighted by Crippen LogP contribution is -2.40. The average Bonchev–Trinajstić information content (AvgIpc) is 3.00. The Hall–Kier alpha value is -1.86. The molecule has 0 saturated heterocycles. The van der Waals surface area contributed by atoms with E-state index in [1.54, 1.807) is 18.4 Å². The van der Waals surface area contributed by atoms with Gasteiger partial charge in [0.05, 0.1) is 6.54 Å². The van der Waals surface area contributed by atoms with E-state index in [2.05, 4.69) is 54.4 Å². The van der Waals surface area contributed by atoms with Crippen LogP contribution in [-0.2, 0) is 11.3 Å². The van der Waals surface area contributed by atoms with Gasteiger partial charge < -0.3 is 16.0 Å². The first kappa shape index (κ1) is 17.0. The monoisotopic (exact) mass is 406 g/mol. The molecule has 0 fully saturated rings. The zero-order valence-corrected chi connectivity index (χ0v) is 15.7. The molecule has 3 rings (SSSR count). The Morgan fingerprint density at radius 2 is 2.25 bits per heavy atom. The Morgan fingerprint density at radius 3 is 3.00 bits per heavy atom. The van der Waals surface area contributed by atoms with Gasteiger partial charge in [0, 0.05) is 46.3 Å². The van der Waals surface area contributed by atoms with Gasteiger partial charge in [-0.2, -0.15) is 0 Å². The maximum Gasteiger partial charge on any atom is 0.225 e. The van der Waals surface area contributed by atoms with Crippen molar-refractivity contribution in [3.8, 4) is 0 Å². The van der Waals surface area contributed by atoms with Crippen molar-refractivity contribution >= 4 is 44.8 Å². The first-order chi connectivity index (χ1) is 11.7. The third-order valence-electron chi connectivity index (χ3n) is 3.90. The number of fused-ring (bicyclic) bond motifs is 1. The highest BCUT2D eigenvalue weighted by atomic mass is 79.9. The third-order valence-corrected chi connectivity index (χ3v) is 5.60. The van der Waals surface area contributed by atoms with E-state index in [0.29, 0.717) is 13.0 Å². The summed E-state index contributed by atoms with van der Waals surface area (Å²) in [6, 6.07) is 10.0. The number of carbonyl (C=O) groups is 1. The van der Waals surface area contributed by atoms with Crippen LogP contribution in [0.25, 0.3) is 0 Å². The zero-order chi connectivity index (χ0) is 16.9. The van der Waals surface area contributed by atoms with Crippen molar-refractivity contribution in [2.24, 2.45) is 4.99 Å². The number of thiophene rings is 1. The predicted molar refractivity (Wildman–Crippen MR) is 103 cm³/mol. The van der Waals surface area contributed by atoms with Gasteiger partial charge in [0.15, 0.2) is 5.96 Å². The fraction of sp³-hybridized carbons (Fsp3) is 0.294. The summed E-state index contributed by atoms with van der Waals surface area (Å²) in [6.07, 6.45) is 0.485. The molecule has 0 bridgehead atoms. The molecule has 0 spiro atoms. The minimum absolute atomic E-state index is 0.0619. The Bertz CT molecular complexity index is 759. The summed E-state index contributed by atoms with van der Waals surface area (Å²) in [7, 11) is 1.75. The molecule has 2 aromatic rings. The molecule has 0 saturated carbocycles. The van der Waals surface area contributed by atoms with Crippen molar-refractivity contribution in [1.29, 1.82) is 0 Å². The van der Waals surface area contributed by atoms with Crippen LogP contribution < -0.4 is 16.0 Å². The number of amides is 1. The lowest BCUT2D eigenvalue weighted by molar-refractivity contribution is -0.116. The van der Waals surface area contributed by atoms with Crippen molar-refractivity contribution in [2.75, 3.05) is 18.9 Å². The van der Waals surface area contributed by atoms with Gasteiger partial charge in [-0.05, 0) is 33.6 Å². The molecule has 1 unspecified atom stereocenters. The minimum Gasteiger partial charge on any atom is -0.356 e. The number of carbonyl (C=O) groups excluding carboxylic acids is 1. The van der Waals surface area contributed by atoms with E-state index in [0.717, 1.165) is 22.7 Å². The number of hydrogen-bond donors (Lipinski definition) is 3. The topological polar surface area (TPSA) is 65.5 Å². The highest BCUT2D eigenvalue weighted by Crippen LogP contribution is 2.31. The molecule has 126 valence electrons. The Morgan fingerprint density at radius 1 is 1.42 bits per heavy atom. The number of aliphatic imine (C=N–C) groups is 1. The summed E-state index contributed by atoms with van der Waals surface area (Å²) in [5, 5.41) is 11.6. The van der Waals surface area contributed by atoms with Crippen molar-refractivity contribution in [3.05, 3.63) is 50.6 Å². The molecule has 0 radical (unpaired) electrons. The molecule has 7 heteroatoms. The number of hydrogen-bond acceptors (Lipinski definition) is 3. The van der Waals surface area contributed by atoms with Gasteiger partial charge in [-0.1, -0.05) is 18.2 Å². The molecule has 0 aliphatic carbocycles. The number of para-hydroxylation sites is 1. The van der Waals surface area contributed by atoms with Crippen LogP contribution in [0, 0.1) is 0 Å². The molecule has 1 atom stereocenters. The van der Waals surface area contributed by atoms with Gasteiger partial charge >= 0.3 is 0 Å². The van der Waals surface area contributed by atoms with Crippen molar-refractivity contribution in [2.45, 2.75) is 18.9 Å². The van der Waals surface area contributed by atoms with Crippen LogP contribution >= 0.6 is 27.3 Å². The molecule has 1 aromatic carbocycles. The van der Waals surface area contributed by atoms with Gasteiger partial charge in [0.1, 0.15) is 0 Å². The molecular formula is C17H19BrN4OS. The van der Waals surface area contributed by atoms with Crippen LogP contribution in [-0.4, -0.2) is 25.5 Å². The summed E-state index contributed by atoms with van der Waals surface area (Å²) in [5.41, 5.74) is 2.08. The number of halogens is 1. The Kier molecular flexibility index (Phi) is 5.52. The van der Waals surface area contributed by atoms with Crippen molar-refractivity contribution in [1.82, 2.24) is 10.6 Å². The fourth-order valence-electron chi connectivity index (χ4n) is 2.74. The highest BCUT2D eigenvalue weighted by molar-refractivity contribution is 9.10.